The number of carbonyl (C=O) groups is 1. The van der Waals surface area contributed by atoms with E-state index in [0.717, 1.165) is 32.4 Å². The molecule has 3 heteroatoms. The van der Waals surface area contributed by atoms with Crippen LogP contribution in [0.2, 0.25) is 0 Å². The zero-order chi connectivity index (χ0) is 9.26. The van der Waals surface area contributed by atoms with Crippen molar-refractivity contribution < 1.29 is 9.18 Å². The minimum absolute atomic E-state index is 0.00639. The van der Waals surface area contributed by atoms with Gasteiger partial charge in [-0.25, -0.2) is 4.39 Å². The number of amides is 1. The minimum Gasteiger partial charge on any atom is -0.342 e. The van der Waals surface area contributed by atoms with Gasteiger partial charge in [0, 0.05) is 19.0 Å². The van der Waals surface area contributed by atoms with Crippen LogP contribution in [0, 0.1) is 5.92 Å². The average Bonchev–Trinajstić information content (AvgIpc) is 2.72. The van der Waals surface area contributed by atoms with Gasteiger partial charge in [0.05, 0.1) is 0 Å². The molecule has 2 aliphatic rings. The smallest absolute Gasteiger partial charge is 0.225 e. The number of likely N-dealkylation sites (tertiary alicyclic amines) is 1. The fourth-order valence-electron chi connectivity index (χ4n) is 2.35. The highest BCUT2D eigenvalue weighted by molar-refractivity contribution is 5.79. The third-order valence-electron chi connectivity index (χ3n) is 3.14. The van der Waals surface area contributed by atoms with Crippen molar-refractivity contribution >= 4 is 5.91 Å². The number of halogens is 1. The first kappa shape index (κ1) is 8.97. The quantitative estimate of drug-likeness (QED) is 0.609. The van der Waals surface area contributed by atoms with Crippen molar-refractivity contribution in [1.29, 1.82) is 0 Å². The molecular weight excluding hydrogens is 169 g/mol. The number of carbonyl (C=O) groups excluding carboxylic acids is 1. The van der Waals surface area contributed by atoms with Crippen molar-refractivity contribution in [2.24, 2.45) is 5.92 Å². The number of nitrogens with zero attached hydrogens (tertiary/aromatic N) is 1. The van der Waals surface area contributed by atoms with Crippen LogP contribution in [0.4, 0.5) is 4.39 Å². The van der Waals surface area contributed by atoms with Gasteiger partial charge in [0.1, 0.15) is 6.17 Å². The van der Waals surface area contributed by atoms with Gasteiger partial charge in [0.2, 0.25) is 5.91 Å². The van der Waals surface area contributed by atoms with Gasteiger partial charge >= 0.3 is 0 Å². The Balaban J connectivity index is 1.89. The Labute approximate surface area is 78.1 Å². The van der Waals surface area contributed by atoms with Crippen molar-refractivity contribution in [3.63, 3.8) is 0 Å². The van der Waals surface area contributed by atoms with Crippen molar-refractivity contribution in [2.75, 3.05) is 13.1 Å². The monoisotopic (exact) mass is 185 g/mol. The molecule has 2 atom stereocenters. The van der Waals surface area contributed by atoms with E-state index in [-0.39, 0.29) is 11.8 Å². The van der Waals surface area contributed by atoms with Gasteiger partial charge in [-0.05, 0) is 32.1 Å². The van der Waals surface area contributed by atoms with Gasteiger partial charge in [-0.2, -0.15) is 0 Å². The second-order valence-electron chi connectivity index (χ2n) is 4.14. The zero-order valence-electron chi connectivity index (χ0n) is 7.84. The predicted octanol–water partition coefficient (Wildman–Crippen LogP) is 1.75. The van der Waals surface area contributed by atoms with E-state index in [1.807, 2.05) is 4.90 Å². The fourth-order valence-corrected chi connectivity index (χ4v) is 2.35. The van der Waals surface area contributed by atoms with E-state index in [0.29, 0.717) is 12.8 Å². The molecule has 0 N–H and O–H groups in total. The third-order valence-corrected chi connectivity index (χ3v) is 3.14. The van der Waals surface area contributed by atoms with Crippen LogP contribution in [-0.4, -0.2) is 30.1 Å². The molecule has 0 spiro atoms. The molecule has 0 bridgehead atoms. The maximum atomic E-state index is 12.9. The number of rotatable bonds is 1. The molecule has 1 saturated carbocycles. The average molecular weight is 185 g/mol. The second-order valence-corrected chi connectivity index (χ2v) is 4.14. The van der Waals surface area contributed by atoms with Crippen LogP contribution in [0.1, 0.15) is 32.1 Å². The van der Waals surface area contributed by atoms with E-state index in [4.69, 9.17) is 0 Å². The molecule has 2 fully saturated rings. The summed E-state index contributed by atoms with van der Waals surface area (Å²) in [6.07, 6.45) is 3.34. The first-order valence-corrected chi connectivity index (χ1v) is 5.20. The molecule has 1 aliphatic heterocycles. The highest BCUT2D eigenvalue weighted by Crippen LogP contribution is 2.30. The van der Waals surface area contributed by atoms with Gasteiger partial charge in [0.15, 0.2) is 0 Å². The SMILES string of the molecule is O=C(C1CCC(F)C1)N1CCCC1. The predicted molar refractivity (Wildman–Crippen MR) is 48.1 cm³/mol. The second kappa shape index (κ2) is 3.64. The molecule has 1 saturated heterocycles. The standard InChI is InChI=1S/C10H16FNO/c11-9-4-3-8(7-9)10(13)12-5-1-2-6-12/h8-9H,1-7H2. The van der Waals surface area contributed by atoms with Crippen molar-refractivity contribution in [3.8, 4) is 0 Å². The molecular formula is C10H16FNO. The lowest BCUT2D eigenvalue weighted by Crippen LogP contribution is -2.32. The maximum absolute atomic E-state index is 12.9. The van der Waals surface area contributed by atoms with Crippen LogP contribution in [-0.2, 0) is 4.79 Å². The normalized spacial score (nSPS) is 34.1. The first-order valence-electron chi connectivity index (χ1n) is 5.20. The summed E-state index contributed by atoms with van der Waals surface area (Å²) in [5.41, 5.74) is 0. The van der Waals surface area contributed by atoms with Crippen LogP contribution >= 0.6 is 0 Å². The van der Waals surface area contributed by atoms with Gasteiger partial charge in [-0.15, -0.1) is 0 Å². The lowest BCUT2D eigenvalue weighted by molar-refractivity contribution is -0.134. The molecule has 1 aliphatic carbocycles. The Morgan fingerprint density at radius 3 is 2.46 bits per heavy atom. The van der Waals surface area contributed by atoms with Crippen LogP contribution in [0.15, 0.2) is 0 Å². The Kier molecular flexibility index (Phi) is 2.51. The van der Waals surface area contributed by atoms with Crippen LogP contribution < -0.4 is 0 Å². The van der Waals surface area contributed by atoms with E-state index < -0.39 is 6.17 Å². The molecule has 0 aromatic rings. The largest absolute Gasteiger partial charge is 0.342 e. The zero-order valence-corrected chi connectivity index (χ0v) is 7.84. The molecule has 74 valence electrons. The Bertz CT molecular complexity index is 201. The summed E-state index contributed by atoms with van der Waals surface area (Å²) in [7, 11) is 0. The lowest BCUT2D eigenvalue weighted by atomic mass is 10.1. The van der Waals surface area contributed by atoms with Crippen molar-refractivity contribution in [1.82, 2.24) is 4.90 Å². The minimum atomic E-state index is -0.725. The molecule has 0 aromatic heterocycles. The number of hydrogen-bond acceptors (Lipinski definition) is 1. The first-order chi connectivity index (χ1) is 6.27. The van der Waals surface area contributed by atoms with E-state index >= 15 is 0 Å². The highest BCUT2D eigenvalue weighted by Gasteiger charge is 2.33. The summed E-state index contributed by atoms with van der Waals surface area (Å²) in [6.45, 7) is 1.79. The topological polar surface area (TPSA) is 20.3 Å². The van der Waals surface area contributed by atoms with Crippen LogP contribution in [0.25, 0.3) is 0 Å². The Hall–Kier alpha value is -0.600. The lowest BCUT2D eigenvalue weighted by Gasteiger charge is -2.19. The maximum Gasteiger partial charge on any atom is 0.225 e. The number of alkyl halides is 1. The van der Waals surface area contributed by atoms with E-state index in [1.54, 1.807) is 0 Å². The molecule has 0 radical (unpaired) electrons. The third kappa shape index (κ3) is 1.84. The van der Waals surface area contributed by atoms with Gasteiger partial charge in [-0.1, -0.05) is 0 Å². The molecule has 13 heavy (non-hydrogen) atoms. The van der Waals surface area contributed by atoms with Crippen LogP contribution in [0.5, 0.6) is 0 Å². The highest BCUT2D eigenvalue weighted by atomic mass is 19.1. The van der Waals surface area contributed by atoms with Gasteiger partial charge in [0.25, 0.3) is 0 Å². The Morgan fingerprint density at radius 1 is 1.23 bits per heavy atom. The molecule has 1 amide bonds. The number of hydrogen-bond donors (Lipinski definition) is 0. The van der Waals surface area contributed by atoms with Crippen molar-refractivity contribution in [2.45, 2.75) is 38.3 Å². The molecule has 1 heterocycles. The molecule has 2 rings (SSSR count). The summed E-state index contributed by atoms with van der Waals surface area (Å²) in [5.74, 6) is 0.200. The van der Waals surface area contributed by atoms with E-state index in [2.05, 4.69) is 0 Å². The van der Waals surface area contributed by atoms with Gasteiger partial charge < -0.3 is 4.90 Å². The summed E-state index contributed by atoms with van der Waals surface area (Å²) < 4.78 is 12.9. The summed E-state index contributed by atoms with van der Waals surface area (Å²) in [4.78, 5) is 13.7. The van der Waals surface area contributed by atoms with Gasteiger partial charge in [-0.3, -0.25) is 4.79 Å². The molecule has 2 nitrogen and oxygen atoms in total. The van der Waals surface area contributed by atoms with E-state index in [1.165, 1.54) is 0 Å². The molecule has 2 unspecified atom stereocenters. The van der Waals surface area contributed by atoms with E-state index in [9.17, 15) is 9.18 Å². The summed E-state index contributed by atoms with van der Waals surface area (Å²) >= 11 is 0. The summed E-state index contributed by atoms with van der Waals surface area (Å²) in [6, 6.07) is 0. The van der Waals surface area contributed by atoms with Crippen molar-refractivity contribution in [3.05, 3.63) is 0 Å². The fraction of sp³-hybridized carbons (Fsp3) is 0.900. The Morgan fingerprint density at radius 2 is 1.92 bits per heavy atom. The molecule has 0 aromatic carbocycles. The van der Waals surface area contributed by atoms with Crippen LogP contribution in [0.3, 0.4) is 0 Å². The summed E-state index contributed by atoms with van der Waals surface area (Å²) in [5, 5.41) is 0.